The van der Waals surface area contributed by atoms with Gasteiger partial charge in [-0.25, -0.2) is 0 Å². The highest BCUT2D eigenvalue weighted by Crippen LogP contribution is 2.19. The molecule has 0 saturated heterocycles. The average Bonchev–Trinajstić information content (AvgIpc) is 2.17. The summed E-state index contributed by atoms with van der Waals surface area (Å²) in [6.45, 7) is 0. The Labute approximate surface area is 54.2 Å². The quantitative estimate of drug-likeness (QED) is 0.432. The molecule has 0 heterocycles. The van der Waals surface area contributed by atoms with E-state index < -0.39 is 0 Å². The van der Waals surface area contributed by atoms with Crippen LogP contribution in [-0.2, 0) is 4.79 Å². The van der Waals surface area contributed by atoms with Gasteiger partial charge in [0.25, 0.3) is 0 Å². The zero-order valence-corrected chi connectivity index (χ0v) is 5.16. The van der Waals surface area contributed by atoms with Crippen molar-refractivity contribution >= 4 is 6.29 Å². The van der Waals surface area contributed by atoms with E-state index in [-0.39, 0.29) is 12.0 Å². The van der Waals surface area contributed by atoms with Gasteiger partial charge >= 0.3 is 0 Å². The van der Waals surface area contributed by atoms with E-state index in [0.717, 1.165) is 12.7 Å². The molecule has 9 heavy (non-hydrogen) atoms. The highest BCUT2D eigenvalue weighted by atomic mass is 16.3. The molecule has 1 aliphatic rings. The van der Waals surface area contributed by atoms with Gasteiger partial charge < -0.3 is 9.90 Å². The van der Waals surface area contributed by atoms with Gasteiger partial charge in [-0.15, -0.1) is 0 Å². The third kappa shape index (κ3) is 1.64. The van der Waals surface area contributed by atoms with E-state index in [0.29, 0.717) is 6.42 Å². The van der Waals surface area contributed by atoms with Crippen molar-refractivity contribution in [2.75, 3.05) is 0 Å². The Morgan fingerprint density at radius 1 is 1.67 bits per heavy atom. The molecule has 2 nitrogen and oxygen atoms in total. The molecule has 0 amide bonds. The lowest BCUT2D eigenvalue weighted by Crippen LogP contribution is -2.01. The van der Waals surface area contributed by atoms with Crippen LogP contribution in [-0.4, -0.2) is 17.5 Å². The topological polar surface area (TPSA) is 37.3 Å². The van der Waals surface area contributed by atoms with Gasteiger partial charge in [0.2, 0.25) is 0 Å². The standard InChI is InChI=1S/C7H10O2/c8-4-3-6-1-2-7(9)5-6/h1-2,4,6-7,9H,3,5H2/t6?,7-/m0/s1. The van der Waals surface area contributed by atoms with Crippen molar-refractivity contribution in [3.63, 3.8) is 0 Å². The summed E-state index contributed by atoms with van der Waals surface area (Å²) in [7, 11) is 0. The van der Waals surface area contributed by atoms with Gasteiger partial charge in [-0.2, -0.15) is 0 Å². The van der Waals surface area contributed by atoms with E-state index in [1.54, 1.807) is 6.08 Å². The summed E-state index contributed by atoms with van der Waals surface area (Å²) < 4.78 is 0. The number of hydrogen-bond acceptors (Lipinski definition) is 2. The predicted octanol–water partition coefficient (Wildman–Crippen LogP) is 0.512. The second kappa shape index (κ2) is 2.78. The van der Waals surface area contributed by atoms with Crippen LogP contribution in [0.15, 0.2) is 12.2 Å². The fraction of sp³-hybridized carbons (Fsp3) is 0.571. The minimum absolute atomic E-state index is 0.289. The third-order valence-electron chi connectivity index (χ3n) is 1.55. The lowest BCUT2D eigenvalue weighted by molar-refractivity contribution is -0.108. The largest absolute Gasteiger partial charge is 0.389 e. The van der Waals surface area contributed by atoms with E-state index >= 15 is 0 Å². The molecule has 0 aromatic heterocycles. The maximum Gasteiger partial charge on any atom is 0.120 e. The van der Waals surface area contributed by atoms with Gasteiger partial charge in [-0.05, 0) is 12.3 Å². The van der Waals surface area contributed by atoms with Crippen LogP contribution in [0, 0.1) is 5.92 Å². The van der Waals surface area contributed by atoms with Crippen molar-refractivity contribution in [1.82, 2.24) is 0 Å². The van der Waals surface area contributed by atoms with Gasteiger partial charge in [0.1, 0.15) is 6.29 Å². The molecule has 1 aliphatic carbocycles. The number of allylic oxidation sites excluding steroid dienone is 1. The zero-order valence-electron chi connectivity index (χ0n) is 5.16. The van der Waals surface area contributed by atoms with Crippen molar-refractivity contribution in [2.24, 2.45) is 5.92 Å². The number of aliphatic hydroxyl groups is 1. The second-order valence-electron chi connectivity index (χ2n) is 2.35. The molecule has 0 fully saturated rings. The first-order valence-corrected chi connectivity index (χ1v) is 3.13. The SMILES string of the molecule is O=CCC1C=C[C@H](O)C1. The Kier molecular flexibility index (Phi) is 2.01. The summed E-state index contributed by atoms with van der Waals surface area (Å²) in [5.41, 5.74) is 0. The van der Waals surface area contributed by atoms with E-state index in [1.807, 2.05) is 6.08 Å². The molecule has 0 aromatic carbocycles. The molecule has 0 aromatic rings. The van der Waals surface area contributed by atoms with Crippen LogP contribution in [0.5, 0.6) is 0 Å². The van der Waals surface area contributed by atoms with E-state index in [1.165, 1.54) is 0 Å². The van der Waals surface area contributed by atoms with Gasteiger partial charge in [-0.3, -0.25) is 0 Å². The van der Waals surface area contributed by atoms with Gasteiger partial charge in [-0.1, -0.05) is 12.2 Å². The highest BCUT2D eigenvalue weighted by Gasteiger charge is 2.14. The Balaban J connectivity index is 2.31. The molecule has 0 spiro atoms. The molecule has 0 radical (unpaired) electrons. The van der Waals surface area contributed by atoms with Gasteiger partial charge in [0.05, 0.1) is 6.10 Å². The van der Waals surface area contributed by atoms with Gasteiger partial charge in [0, 0.05) is 6.42 Å². The first-order chi connectivity index (χ1) is 4.33. The molecule has 2 atom stereocenters. The van der Waals surface area contributed by atoms with Crippen molar-refractivity contribution in [2.45, 2.75) is 18.9 Å². The number of rotatable bonds is 2. The molecule has 1 rings (SSSR count). The van der Waals surface area contributed by atoms with Crippen LogP contribution < -0.4 is 0 Å². The maximum atomic E-state index is 9.95. The third-order valence-corrected chi connectivity index (χ3v) is 1.55. The lowest BCUT2D eigenvalue weighted by atomic mass is 10.1. The Hall–Kier alpha value is -0.630. The number of aliphatic hydroxyl groups excluding tert-OH is 1. The molecule has 2 heteroatoms. The Bertz CT molecular complexity index is 129. The van der Waals surface area contributed by atoms with Crippen molar-refractivity contribution < 1.29 is 9.90 Å². The highest BCUT2D eigenvalue weighted by molar-refractivity contribution is 5.50. The molecule has 1 N–H and O–H groups in total. The first-order valence-electron chi connectivity index (χ1n) is 3.13. The van der Waals surface area contributed by atoms with Crippen LogP contribution in [0.2, 0.25) is 0 Å². The van der Waals surface area contributed by atoms with Crippen molar-refractivity contribution in [3.8, 4) is 0 Å². The number of hydrogen-bond donors (Lipinski definition) is 1. The van der Waals surface area contributed by atoms with Crippen molar-refractivity contribution in [1.29, 1.82) is 0 Å². The van der Waals surface area contributed by atoms with Crippen molar-refractivity contribution in [3.05, 3.63) is 12.2 Å². The molecule has 0 aliphatic heterocycles. The maximum absolute atomic E-state index is 9.95. The van der Waals surface area contributed by atoms with Crippen LogP contribution in [0.4, 0.5) is 0 Å². The van der Waals surface area contributed by atoms with E-state index in [9.17, 15) is 4.79 Å². The van der Waals surface area contributed by atoms with Gasteiger partial charge in [0.15, 0.2) is 0 Å². The smallest absolute Gasteiger partial charge is 0.120 e. The fourth-order valence-corrected chi connectivity index (χ4v) is 1.05. The molecular weight excluding hydrogens is 116 g/mol. The summed E-state index contributed by atoms with van der Waals surface area (Å²) in [6.07, 6.45) is 5.50. The zero-order chi connectivity index (χ0) is 6.69. The predicted molar refractivity (Wildman–Crippen MR) is 33.9 cm³/mol. The second-order valence-corrected chi connectivity index (χ2v) is 2.35. The normalized spacial score (nSPS) is 33.0. The first kappa shape index (κ1) is 6.49. The average molecular weight is 126 g/mol. The van der Waals surface area contributed by atoms with Crippen LogP contribution in [0.3, 0.4) is 0 Å². The summed E-state index contributed by atoms with van der Waals surface area (Å²) in [5.74, 6) is 0.289. The molecule has 1 unspecified atom stereocenters. The van der Waals surface area contributed by atoms with E-state index in [4.69, 9.17) is 5.11 Å². The summed E-state index contributed by atoms with van der Waals surface area (Å²) in [4.78, 5) is 9.95. The minimum Gasteiger partial charge on any atom is -0.389 e. The summed E-state index contributed by atoms with van der Waals surface area (Å²) in [6, 6.07) is 0. The van der Waals surface area contributed by atoms with Crippen LogP contribution >= 0.6 is 0 Å². The molecule has 0 saturated carbocycles. The van der Waals surface area contributed by atoms with Crippen LogP contribution in [0.1, 0.15) is 12.8 Å². The molecular formula is C7H10O2. The number of carbonyl (C=O) groups is 1. The lowest BCUT2D eigenvalue weighted by Gasteiger charge is -2.01. The number of carbonyl (C=O) groups excluding carboxylic acids is 1. The fourth-order valence-electron chi connectivity index (χ4n) is 1.05. The monoisotopic (exact) mass is 126 g/mol. The number of aldehydes is 1. The Morgan fingerprint density at radius 2 is 2.44 bits per heavy atom. The van der Waals surface area contributed by atoms with Crippen LogP contribution in [0.25, 0.3) is 0 Å². The summed E-state index contributed by atoms with van der Waals surface area (Å²) >= 11 is 0. The van der Waals surface area contributed by atoms with E-state index in [2.05, 4.69) is 0 Å². The minimum atomic E-state index is -0.310. The summed E-state index contributed by atoms with van der Waals surface area (Å²) in [5, 5.41) is 8.92. The molecule has 50 valence electrons. The molecule has 0 bridgehead atoms. The Morgan fingerprint density at radius 3 is 2.89 bits per heavy atom.